The molecule has 1 aromatic carbocycles. The van der Waals surface area contributed by atoms with Gasteiger partial charge in [-0.05, 0) is 24.3 Å². The van der Waals surface area contributed by atoms with E-state index in [9.17, 15) is 9.18 Å². The Hall–Kier alpha value is -2.74. The van der Waals surface area contributed by atoms with Crippen molar-refractivity contribution in [3.8, 4) is 17.3 Å². The fourth-order valence-corrected chi connectivity index (χ4v) is 1.57. The van der Waals surface area contributed by atoms with Gasteiger partial charge >= 0.3 is 0 Å². The topological polar surface area (TPSA) is 79.8 Å². The molecular weight excluding hydrogens is 233 g/mol. The monoisotopic (exact) mass is 241 g/mol. The number of hydrogen-bond donors (Lipinski definition) is 1. The highest BCUT2D eigenvalue weighted by Crippen LogP contribution is 2.23. The lowest BCUT2D eigenvalue weighted by Gasteiger charge is -2.05. The van der Waals surface area contributed by atoms with Crippen LogP contribution in [0.1, 0.15) is 15.9 Å². The summed E-state index contributed by atoms with van der Waals surface area (Å²) in [5.74, 6) is -1.57. The third-order valence-corrected chi connectivity index (χ3v) is 2.43. The van der Waals surface area contributed by atoms with Crippen molar-refractivity contribution in [3.63, 3.8) is 0 Å². The van der Waals surface area contributed by atoms with Crippen LogP contribution in [0.2, 0.25) is 0 Å². The molecule has 0 saturated heterocycles. The average Bonchev–Trinajstić information content (AvgIpc) is 2.38. The average molecular weight is 241 g/mol. The number of hydrogen-bond acceptors (Lipinski definition) is 3. The maximum absolute atomic E-state index is 14.0. The number of benzene rings is 1. The van der Waals surface area contributed by atoms with Gasteiger partial charge < -0.3 is 5.73 Å². The zero-order valence-electron chi connectivity index (χ0n) is 9.22. The number of carbonyl (C=O) groups excluding carboxylic acids is 1. The molecule has 1 aromatic heterocycles. The van der Waals surface area contributed by atoms with Crippen LogP contribution in [0.25, 0.3) is 11.3 Å². The van der Waals surface area contributed by atoms with Gasteiger partial charge in [0, 0.05) is 11.8 Å². The van der Waals surface area contributed by atoms with Gasteiger partial charge in [-0.2, -0.15) is 5.26 Å². The number of aromatic nitrogens is 1. The quantitative estimate of drug-likeness (QED) is 0.871. The largest absolute Gasteiger partial charge is 0.366 e. The molecular formula is C13H8FN3O. The first kappa shape index (κ1) is 11.7. The van der Waals surface area contributed by atoms with Crippen LogP contribution in [-0.4, -0.2) is 10.9 Å². The summed E-state index contributed by atoms with van der Waals surface area (Å²) in [5, 5.41) is 8.78. The van der Waals surface area contributed by atoms with Crippen LogP contribution in [0.5, 0.6) is 0 Å². The molecule has 1 amide bonds. The number of primary amides is 1. The highest BCUT2D eigenvalue weighted by molar-refractivity contribution is 5.94. The lowest BCUT2D eigenvalue weighted by atomic mass is 10.0. The third kappa shape index (κ3) is 2.04. The molecule has 88 valence electrons. The van der Waals surface area contributed by atoms with Crippen LogP contribution in [0, 0.1) is 17.1 Å². The minimum atomic E-state index is -0.842. The number of nitriles is 1. The number of rotatable bonds is 2. The summed E-state index contributed by atoms with van der Waals surface area (Å²) in [5.41, 5.74) is 5.66. The van der Waals surface area contributed by atoms with Crippen molar-refractivity contribution in [2.45, 2.75) is 0 Å². The predicted molar refractivity (Wildman–Crippen MR) is 62.9 cm³/mol. The first-order chi connectivity index (χ1) is 8.63. The standard InChI is InChI=1S/C13H8FN3O/c14-12-9(2-1-3-10(12)13(16)18)11-6-8(7-15)4-5-17-11/h1-6H,(H2,16,18). The molecule has 2 N–H and O–H groups in total. The molecule has 4 nitrogen and oxygen atoms in total. The van der Waals surface area contributed by atoms with Crippen molar-refractivity contribution in [2.24, 2.45) is 5.73 Å². The molecule has 0 unspecified atom stereocenters. The summed E-state index contributed by atoms with van der Waals surface area (Å²) in [6.45, 7) is 0. The summed E-state index contributed by atoms with van der Waals surface area (Å²) < 4.78 is 14.0. The van der Waals surface area contributed by atoms with Gasteiger partial charge in [-0.25, -0.2) is 4.39 Å². The van der Waals surface area contributed by atoms with Crippen LogP contribution in [0.4, 0.5) is 4.39 Å². The number of carbonyl (C=O) groups is 1. The van der Waals surface area contributed by atoms with Crippen LogP contribution >= 0.6 is 0 Å². The van der Waals surface area contributed by atoms with Crippen molar-refractivity contribution >= 4 is 5.91 Å². The van der Waals surface area contributed by atoms with E-state index in [1.54, 1.807) is 0 Å². The Balaban J connectivity index is 2.61. The van der Waals surface area contributed by atoms with Gasteiger partial charge in [0.2, 0.25) is 0 Å². The van der Waals surface area contributed by atoms with Crippen molar-refractivity contribution in [1.82, 2.24) is 4.98 Å². The van der Waals surface area contributed by atoms with Gasteiger partial charge in [-0.15, -0.1) is 0 Å². The minimum absolute atomic E-state index is 0.142. The SMILES string of the molecule is N#Cc1ccnc(-c2cccc(C(N)=O)c2F)c1. The van der Waals surface area contributed by atoms with E-state index in [4.69, 9.17) is 11.0 Å². The second kappa shape index (κ2) is 4.63. The van der Waals surface area contributed by atoms with Crippen molar-refractivity contribution in [1.29, 1.82) is 5.26 Å². The fourth-order valence-electron chi connectivity index (χ4n) is 1.57. The Labute approximate surface area is 102 Å². The fraction of sp³-hybridized carbons (Fsp3) is 0. The van der Waals surface area contributed by atoms with E-state index in [2.05, 4.69) is 4.98 Å². The predicted octanol–water partition coefficient (Wildman–Crippen LogP) is 1.86. The van der Waals surface area contributed by atoms with Crippen LogP contribution in [0.3, 0.4) is 0 Å². The van der Waals surface area contributed by atoms with Gasteiger partial charge in [0.25, 0.3) is 5.91 Å². The number of nitrogens with two attached hydrogens (primary N) is 1. The van der Waals surface area contributed by atoms with Gasteiger partial charge in [0.15, 0.2) is 0 Å². The lowest BCUT2D eigenvalue weighted by molar-refractivity contribution is 0.0996. The van der Waals surface area contributed by atoms with Gasteiger partial charge in [-0.3, -0.25) is 9.78 Å². The molecule has 0 aliphatic heterocycles. The number of amides is 1. The molecule has 0 bridgehead atoms. The molecule has 5 heteroatoms. The molecule has 0 radical (unpaired) electrons. The third-order valence-electron chi connectivity index (χ3n) is 2.43. The second-order valence-electron chi connectivity index (χ2n) is 3.57. The Morgan fingerprint density at radius 1 is 1.39 bits per heavy atom. The molecule has 0 saturated carbocycles. The van der Waals surface area contributed by atoms with Gasteiger partial charge in [-0.1, -0.05) is 6.07 Å². The smallest absolute Gasteiger partial charge is 0.251 e. The van der Waals surface area contributed by atoms with Gasteiger partial charge in [0.1, 0.15) is 5.82 Å². The molecule has 0 fully saturated rings. The van der Waals surface area contributed by atoms with E-state index >= 15 is 0 Å². The zero-order valence-corrected chi connectivity index (χ0v) is 9.22. The maximum atomic E-state index is 14.0. The van der Waals surface area contributed by atoms with Crippen LogP contribution < -0.4 is 5.73 Å². The molecule has 2 rings (SSSR count). The van der Waals surface area contributed by atoms with Crippen molar-refractivity contribution < 1.29 is 9.18 Å². The van der Waals surface area contributed by atoms with E-state index < -0.39 is 11.7 Å². The van der Waals surface area contributed by atoms with Crippen molar-refractivity contribution in [3.05, 3.63) is 53.5 Å². The normalized spacial score (nSPS) is 9.78. The summed E-state index contributed by atoms with van der Waals surface area (Å²) in [6, 6.07) is 9.19. The number of nitrogens with zero attached hydrogens (tertiary/aromatic N) is 2. The van der Waals surface area contributed by atoms with Crippen molar-refractivity contribution in [2.75, 3.05) is 0 Å². The number of halogens is 1. The van der Waals surface area contributed by atoms with E-state index in [-0.39, 0.29) is 16.8 Å². The zero-order chi connectivity index (χ0) is 13.1. The summed E-state index contributed by atoms with van der Waals surface area (Å²) >= 11 is 0. The molecule has 0 aliphatic rings. The van der Waals surface area contributed by atoms with Crippen LogP contribution in [0.15, 0.2) is 36.5 Å². The molecule has 0 atom stereocenters. The maximum Gasteiger partial charge on any atom is 0.251 e. The highest BCUT2D eigenvalue weighted by atomic mass is 19.1. The Bertz CT molecular complexity index is 662. The molecule has 1 heterocycles. The van der Waals surface area contributed by atoms with E-state index in [0.29, 0.717) is 5.56 Å². The Morgan fingerprint density at radius 2 is 2.17 bits per heavy atom. The Morgan fingerprint density at radius 3 is 2.83 bits per heavy atom. The Kier molecular flexibility index (Phi) is 3.02. The summed E-state index contributed by atoms with van der Waals surface area (Å²) in [6.07, 6.45) is 1.41. The second-order valence-corrected chi connectivity index (χ2v) is 3.57. The first-order valence-electron chi connectivity index (χ1n) is 5.08. The van der Waals surface area contributed by atoms with Crippen LogP contribution in [-0.2, 0) is 0 Å². The van der Waals surface area contributed by atoms with Gasteiger partial charge in [0.05, 0.1) is 22.9 Å². The van der Waals surface area contributed by atoms with E-state index in [1.807, 2.05) is 6.07 Å². The molecule has 18 heavy (non-hydrogen) atoms. The lowest BCUT2D eigenvalue weighted by Crippen LogP contribution is -2.13. The first-order valence-corrected chi connectivity index (χ1v) is 5.08. The molecule has 2 aromatic rings. The highest BCUT2D eigenvalue weighted by Gasteiger charge is 2.14. The van der Waals surface area contributed by atoms with E-state index in [0.717, 1.165) is 0 Å². The summed E-state index contributed by atoms with van der Waals surface area (Å²) in [4.78, 5) is 15.0. The number of pyridine rings is 1. The minimum Gasteiger partial charge on any atom is -0.366 e. The summed E-state index contributed by atoms with van der Waals surface area (Å²) in [7, 11) is 0. The molecule has 0 spiro atoms. The molecule has 0 aliphatic carbocycles. The van der Waals surface area contributed by atoms with E-state index in [1.165, 1.54) is 36.5 Å².